The first kappa shape index (κ1) is 39.3. The largest absolute Gasteiger partial charge is 2.00 e. The summed E-state index contributed by atoms with van der Waals surface area (Å²) in [6, 6.07) is 18.2. The molecule has 0 fully saturated rings. The molecule has 18 nitrogen and oxygen atoms in total. The van der Waals surface area contributed by atoms with E-state index in [4.69, 9.17) is 34.9 Å². The molecule has 0 unspecified atom stereocenters. The standard InChI is InChI=1S/C43H29N11O7.Co/c55-40(45-13-2-1-4-22-17-44-18-46-22)27-6-3-5-26-31(27)39-53-34-25-12-9-21(43(60)61)16-30(25)38(51-34)52-37-29-15-20(42(58)59)8-11-24(29)33(50-37)49-36-28-14-19(41(56)57)7-10-23(28)32(48-36)47-35(26)54-39;/h3,5-12,14-18H,1-2,4,13H2,(H7,44,45,46,47,48,49,50,51,52,53,54,55,56,57,58,59,60,61);/q;+2/p-2. The van der Waals surface area contributed by atoms with E-state index in [1.807, 2.05) is 6.20 Å². The van der Waals surface area contributed by atoms with Crippen LogP contribution in [0.4, 0.5) is 0 Å². The molecule has 8 bridgehead atoms. The fourth-order valence-electron chi connectivity index (χ4n) is 7.45. The number of rotatable bonds is 9. The number of nitrogens with one attached hydrogen (secondary N) is 2. The number of carboxylic acids is 3. The number of aryl methyl sites for hydroxylation is 1. The molecular formula is C43H27CoN11O7. The van der Waals surface area contributed by atoms with E-state index in [9.17, 15) is 34.5 Å². The van der Waals surface area contributed by atoms with Crippen LogP contribution in [-0.2, 0) is 23.2 Å². The summed E-state index contributed by atoms with van der Waals surface area (Å²) < 4.78 is 0. The molecule has 305 valence electrons. The zero-order valence-electron chi connectivity index (χ0n) is 31.7. The van der Waals surface area contributed by atoms with Gasteiger partial charge in [0.2, 0.25) is 0 Å². The normalized spacial score (nSPS) is 11.5. The van der Waals surface area contributed by atoms with Crippen LogP contribution in [-0.4, -0.2) is 85.6 Å². The Kier molecular flexibility index (Phi) is 9.80. The van der Waals surface area contributed by atoms with Gasteiger partial charge >= 0.3 is 34.7 Å². The predicted octanol–water partition coefficient (Wildman–Crippen LogP) is 5.70. The number of carbonyl (C=O) groups excluding carboxylic acids is 1. The quantitative estimate of drug-likeness (QED) is 0.109. The second kappa shape index (κ2) is 15.5. The molecule has 5 N–H and O–H groups in total. The number of benzene rings is 4. The van der Waals surface area contributed by atoms with E-state index < -0.39 is 17.9 Å². The molecule has 0 aliphatic carbocycles. The van der Waals surface area contributed by atoms with Crippen LogP contribution in [0.25, 0.3) is 89.7 Å². The number of fused-ring (bicyclic) bond motifs is 20. The van der Waals surface area contributed by atoms with Crippen molar-refractivity contribution in [2.75, 3.05) is 6.54 Å². The number of carbonyl (C=O) groups is 4. The summed E-state index contributed by atoms with van der Waals surface area (Å²) in [6.45, 7) is 0.386. The average Bonchev–Trinajstić information content (AvgIpc) is 4.09. The Bertz CT molecular complexity index is 3380. The van der Waals surface area contributed by atoms with E-state index in [0.717, 1.165) is 18.5 Å². The van der Waals surface area contributed by atoms with Gasteiger partial charge in [-0.2, -0.15) is 0 Å². The number of unbranched alkanes of at least 4 members (excludes halogenated alkanes) is 1. The number of aromatic carboxylic acids is 3. The van der Waals surface area contributed by atoms with Crippen LogP contribution in [0, 0.1) is 0 Å². The second-order valence-electron chi connectivity index (χ2n) is 14.2. The molecule has 10 rings (SSSR count). The summed E-state index contributed by atoms with van der Waals surface area (Å²) >= 11 is 0. The Morgan fingerprint density at radius 1 is 0.581 bits per heavy atom. The fourth-order valence-corrected chi connectivity index (χ4v) is 7.45. The van der Waals surface area contributed by atoms with Gasteiger partial charge in [-0.3, -0.25) is 4.79 Å². The monoisotopic (exact) mass is 868 g/mol. The molecule has 0 saturated carbocycles. The molecule has 2 aliphatic heterocycles. The number of amides is 1. The summed E-state index contributed by atoms with van der Waals surface area (Å²) in [6.07, 6.45) is 5.69. The van der Waals surface area contributed by atoms with E-state index >= 15 is 0 Å². The van der Waals surface area contributed by atoms with Crippen LogP contribution in [0.3, 0.4) is 0 Å². The Hall–Kier alpha value is -8.16. The van der Waals surface area contributed by atoms with Crippen LogP contribution in [0.2, 0.25) is 0 Å². The van der Waals surface area contributed by atoms with Crippen molar-refractivity contribution in [2.45, 2.75) is 19.3 Å². The van der Waals surface area contributed by atoms with Crippen molar-refractivity contribution < 1.29 is 51.3 Å². The van der Waals surface area contributed by atoms with E-state index in [0.29, 0.717) is 56.8 Å². The second-order valence-corrected chi connectivity index (χ2v) is 14.2. The smallest absolute Gasteiger partial charge is 0.478 e. The molecule has 0 saturated heterocycles. The maximum atomic E-state index is 13.9. The zero-order chi connectivity index (χ0) is 41.9. The van der Waals surface area contributed by atoms with E-state index in [-0.39, 0.29) is 90.8 Å². The number of hydrogen-bond acceptors (Lipinski definition) is 11. The zero-order valence-corrected chi connectivity index (χ0v) is 32.8. The minimum absolute atomic E-state index is 0. The van der Waals surface area contributed by atoms with Gasteiger partial charge in [0.25, 0.3) is 5.91 Å². The Labute approximate surface area is 357 Å². The van der Waals surface area contributed by atoms with Crippen molar-refractivity contribution in [1.82, 2.24) is 55.2 Å². The predicted molar refractivity (Wildman–Crippen MR) is 219 cm³/mol. The number of aromatic amines is 1. The van der Waals surface area contributed by atoms with E-state index in [1.54, 1.807) is 36.7 Å². The van der Waals surface area contributed by atoms with Gasteiger partial charge in [0, 0.05) is 63.1 Å². The molecule has 8 aromatic rings. The van der Waals surface area contributed by atoms with Gasteiger partial charge in [-0.15, -0.1) is 0 Å². The molecule has 19 heteroatoms. The Morgan fingerprint density at radius 3 is 1.74 bits per heavy atom. The number of imidazole rings is 1. The number of hydrogen-bond donors (Lipinski definition) is 5. The molecule has 0 atom stereocenters. The van der Waals surface area contributed by atoms with Crippen molar-refractivity contribution in [3.63, 3.8) is 0 Å². The van der Waals surface area contributed by atoms with Gasteiger partial charge in [0.05, 0.1) is 52.0 Å². The van der Waals surface area contributed by atoms with Gasteiger partial charge < -0.3 is 55.5 Å². The molecule has 1 radical (unpaired) electrons. The average molecular weight is 869 g/mol. The van der Waals surface area contributed by atoms with Crippen LogP contribution in [0.1, 0.15) is 60.0 Å². The summed E-state index contributed by atoms with van der Waals surface area (Å²) in [7, 11) is 0. The van der Waals surface area contributed by atoms with Gasteiger partial charge in [0.15, 0.2) is 0 Å². The van der Waals surface area contributed by atoms with Crippen molar-refractivity contribution in [2.24, 2.45) is 0 Å². The molecule has 62 heavy (non-hydrogen) atoms. The molecule has 4 aromatic carbocycles. The molecule has 2 aliphatic rings. The first-order chi connectivity index (χ1) is 29.6. The molecule has 0 spiro atoms. The van der Waals surface area contributed by atoms with Crippen molar-refractivity contribution in [3.8, 4) is 45.6 Å². The third-order valence-electron chi connectivity index (χ3n) is 10.4. The van der Waals surface area contributed by atoms with Gasteiger partial charge in [0.1, 0.15) is 0 Å². The summed E-state index contributed by atoms with van der Waals surface area (Å²) in [5, 5.41) is 34.2. The summed E-state index contributed by atoms with van der Waals surface area (Å²) in [4.78, 5) is 95.9. The summed E-state index contributed by atoms with van der Waals surface area (Å²) in [5.74, 6) is -3.60. The minimum atomic E-state index is -1.20. The van der Waals surface area contributed by atoms with E-state index in [1.165, 1.54) is 42.5 Å². The topological polar surface area (TPSA) is 275 Å². The maximum Gasteiger partial charge on any atom is 2.00 e. The van der Waals surface area contributed by atoms with Crippen molar-refractivity contribution in [1.29, 1.82) is 0 Å². The van der Waals surface area contributed by atoms with Crippen LogP contribution in [0.15, 0.2) is 85.3 Å². The number of carboxylic acid groups (broad SMARTS) is 3. The number of nitrogens with zero attached hydrogens (tertiary/aromatic N) is 9. The minimum Gasteiger partial charge on any atom is -0.478 e. The summed E-state index contributed by atoms with van der Waals surface area (Å²) in [5.41, 5.74) is 2.91. The maximum absolute atomic E-state index is 13.9. The Morgan fingerprint density at radius 2 is 1.13 bits per heavy atom. The molecule has 6 heterocycles. The first-order valence-electron chi connectivity index (χ1n) is 18.8. The molecular weight excluding hydrogens is 841 g/mol. The van der Waals surface area contributed by atoms with Crippen LogP contribution in [0.5, 0.6) is 0 Å². The number of H-pyrrole nitrogens is 1. The van der Waals surface area contributed by atoms with Crippen molar-refractivity contribution >= 4 is 67.9 Å². The van der Waals surface area contributed by atoms with E-state index in [2.05, 4.69) is 20.3 Å². The third-order valence-corrected chi connectivity index (χ3v) is 10.4. The number of aromatic nitrogens is 10. The van der Waals surface area contributed by atoms with Crippen LogP contribution < -0.4 is 15.3 Å². The SMILES string of the molecule is O=C(O)c1ccc2c(c1)-c1nc-2nc2[n-]c(nc3nc(nc4[n-]c(n1)c1cc(C(=O)O)ccc41)-c1c(C(=O)NCCCCc4c[nH]cn4)cccc1-3)c1ccc(C(=O)O)cc21.[Co+2]. The van der Waals surface area contributed by atoms with Crippen molar-refractivity contribution in [3.05, 3.63) is 113 Å². The van der Waals surface area contributed by atoms with Gasteiger partial charge in [-0.1, -0.05) is 30.3 Å². The molecule has 4 aromatic heterocycles. The van der Waals surface area contributed by atoms with Gasteiger partial charge in [-0.05, 0) is 83.3 Å². The molecule has 1 amide bonds. The third kappa shape index (κ3) is 6.85. The van der Waals surface area contributed by atoms with Crippen LogP contribution >= 0.6 is 0 Å². The first-order valence-corrected chi connectivity index (χ1v) is 18.8. The fraction of sp³-hybridized carbons (Fsp3) is 0.0930. The Balaban J connectivity index is 0.00000490. The van der Waals surface area contributed by atoms with Gasteiger partial charge in [-0.25, -0.2) is 29.3 Å².